The minimum absolute atomic E-state index is 0.362. The topological polar surface area (TPSA) is 89.1 Å². The number of anilines is 1. The monoisotopic (exact) mass is 383 g/mol. The fraction of sp³-hybridized carbons (Fsp3) is 0. The van der Waals surface area contributed by atoms with Crippen LogP contribution in [0.25, 0.3) is 16.9 Å². The molecule has 0 bridgehead atoms. The SMILES string of the molecule is Nc1ccc(-c2n[nH]c(=O)n3c(Br)c(Br)nc23)cc1. The van der Waals surface area contributed by atoms with E-state index in [0.717, 1.165) is 5.56 Å². The Morgan fingerprint density at radius 3 is 2.58 bits per heavy atom. The Labute approximate surface area is 123 Å². The van der Waals surface area contributed by atoms with E-state index < -0.39 is 0 Å². The van der Waals surface area contributed by atoms with Gasteiger partial charge in [0.05, 0.1) is 0 Å². The highest BCUT2D eigenvalue weighted by molar-refractivity contribution is 9.13. The van der Waals surface area contributed by atoms with E-state index in [9.17, 15) is 4.79 Å². The molecule has 2 aromatic heterocycles. The number of aromatic amines is 1. The van der Waals surface area contributed by atoms with Gasteiger partial charge in [-0.3, -0.25) is 0 Å². The molecule has 0 fully saturated rings. The number of nitrogen functional groups attached to an aromatic ring is 1. The zero-order valence-electron chi connectivity index (χ0n) is 9.39. The van der Waals surface area contributed by atoms with E-state index in [-0.39, 0.29) is 5.69 Å². The molecule has 0 aliphatic carbocycles. The maximum atomic E-state index is 11.8. The Morgan fingerprint density at radius 1 is 1.21 bits per heavy atom. The van der Waals surface area contributed by atoms with E-state index in [1.165, 1.54) is 4.40 Å². The maximum Gasteiger partial charge on any atom is 0.348 e. The minimum atomic E-state index is -0.362. The van der Waals surface area contributed by atoms with Gasteiger partial charge < -0.3 is 5.73 Å². The average molecular weight is 385 g/mol. The first-order chi connectivity index (χ1) is 9.08. The molecule has 0 aliphatic rings. The van der Waals surface area contributed by atoms with Crippen LogP contribution in [0.5, 0.6) is 0 Å². The lowest BCUT2D eigenvalue weighted by atomic mass is 10.1. The number of fused-ring (bicyclic) bond motifs is 1. The summed E-state index contributed by atoms with van der Waals surface area (Å²) >= 11 is 6.59. The Kier molecular flexibility index (Phi) is 2.90. The fourth-order valence-corrected chi connectivity index (χ4v) is 2.52. The molecule has 6 nitrogen and oxygen atoms in total. The molecule has 1 aromatic carbocycles. The molecular weight excluding hydrogens is 378 g/mol. The van der Waals surface area contributed by atoms with Gasteiger partial charge in [0, 0.05) is 11.3 Å². The van der Waals surface area contributed by atoms with Crippen molar-refractivity contribution in [1.29, 1.82) is 0 Å². The lowest BCUT2D eigenvalue weighted by Crippen LogP contribution is -2.18. The number of nitrogens with two attached hydrogens (primary N) is 1. The molecule has 8 heteroatoms. The highest BCUT2D eigenvalue weighted by atomic mass is 79.9. The molecule has 0 amide bonds. The molecule has 0 aliphatic heterocycles. The van der Waals surface area contributed by atoms with E-state index >= 15 is 0 Å². The molecule has 96 valence electrons. The van der Waals surface area contributed by atoms with E-state index in [0.29, 0.717) is 26.2 Å². The number of nitrogens with one attached hydrogen (secondary N) is 1. The summed E-state index contributed by atoms with van der Waals surface area (Å²) in [6, 6.07) is 7.19. The van der Waals surface area contributed by atoms with E-state index in [1.54, 1.807) is 12.1 Å². The summed E-state index contributed by atoms with van der Waals surface area (Å²) < 4.78 is 2.49. The van der Waals surface area contributed by atoms with Gasteiger partial charge in [-0.25, -0.2) is 19.3 Å². The number of aromatic nitrogens is 4. The van der Waals surface area contributed by atoms with Gasteiger partial charge in [0.1, 0.15) is 14.9 Å². The summed E-state index contributed by atoms with van der Waals surface area (Å²) in [5.41, 5.74) is 7.82. The number of H-pyrrole nitrogens is 1. The third kappa shape index (κ3) is 1.96. The quantitative estimate of drug-likeness (QED) is 0.629. The second-order valence-corrected chi connectivity index (χ2v) is 5.35. The van der Waals surface area contributed by atoms with Gasteiger partial charge in [0.15, 0.2) is 5.65 Å². The molecular formula is C11H7Br2N5O. The zero-order chi connectivity index (χ0) is 13.6. The van der Waals surface area contributed by atoms with Gasteiger partial charge in [-0.15, -0.1) is 0 Å². The van der Waals surface area contributed by atoms with Gasteiger partial charge in [0.2, 0.25) is 0 Å². The van der Waals surface area contributed by atoms with Gasteiger partial charge >= 0.3 is 5.69 Å². The number of nitrogens with zero attached hydrogens (tertiary/aromatic N) is 3. The number of hydrogen-bond acceptors (Lipinski definition) is 4. The predicted octanol–water partition coefficient (Wildman–Crippen LogP) is 2.19. The smallest absolute Gasteiger partial charge is 0.348 e. The largest absolute Gasteiger partial charge is 0.399 e. The Bertz CT molecular complexity index is 821. The van der Waals surface area contributed by atoms with Crippen molar-refractivity contribution >= 4 is 43.2 Å². The number of hydrogen-bond donors (Lipinski definition) is 2. The molecule has 0 spiro atoms. The van der Waals surface area contributed by atoms with Crippen molar-refractivity contribution in [3.8, 4) is 11.3 Å². The third-order valence-corrected chi connectivity index (χ3v) is 4.46. The normalized spacial score (nSPS) is 11.1. The van der Waals surface area contributed by atoms with Crippen LogP contribution in [-0.2, 0) is 0 Å². The van der Waals surface area contributed by atoms with Crippen LogP contribution >= 0.6 is 31.9 Å². The van der Waals surface area contributed by atoms with Crippen LogP contribution < -0.4 is 11.4 Å². The average Bonchev–Trinajstić information content (AvgIpc) is 2.69. The van der Waals surface area contributed by atoms with Crippen LogP contribution in [0.15, 0.2) is 38.3 Å². The van der Waals surface area contributed by atoms with E-state index in [4.69, 9.17) is 5.73 Å². The first-order valence-corrected chi connectivity index (χ1v) is 6.84. The highest BCUT2D eigenvalue weighted by Crippen LogP contribution is 2.27. The van der Waals surface area contributed by atoms with Crippen molar-refractivity contribution in [2.75, 3.05) is 5.73 Å². The summed E-state index contributed by atoms with van der Waals surface area (Å²) in [5.74, 6) is 0. The first kappa shape index (κ1) is 12.4. The van der Waals surface area contributed by atoms with Crippen molar-refractivity contribution in [3.05, 3.63) is 44.0 Å². The predicted molar refractivity (Wildman–Crippen MR) is 78.9 cm³/mol. The standard InChI is InChI=1S/C11H7Br2N5O/c12-8-9(13)18-10(15-8)7(16-17-11(18)19)5-1-3-6(14)4-2-5/h1-4H,14H2,(H,17,19). The van der Waals surface area contributed by atoms with Gasteiger partial charge in [-0.1, -0.05) is 12.1 Å². The third-order valence-electron chi connectivity index (χ3n) is 2.64. The first-order valence-electron chi connectivity index (χ1n) is 5.26. The molecule has 0 saturated carbocycles. The summed E-state index contributed by atoms with van der Waals surface area (Å²) in [6.07, 6.45) is 0. The molecule has 3 N–H and O–H groups in total. The van der Waals surface area contributed by atoms with Crippen molar-refractivity contribution in [2.24, 2.45) is 0 Å². The summed E-state index contributed by atoms with van der Waals surface area (Å²) in [6.45, 7) is 0. The van der Waals surface area contributed by atoms with Gasteiger partial charge in [-0.2, -0.15) is 5.10 Å². The molecule has 0 atom stereocenters. The molecule has 0 unspecified atom stereocenters. The summed E-state index contributed by atoms with van der Waals surface area (Å²) in [7, 11) is 0. The summed E-state index contributed by atoms with van der Waals surface area (Å²) in [5, 5.41) is 6.50. The summed E-state index contributed by atoms with van der Waals surface area (Å²) in [4.78, 5) is 16.1. The molecule has 3 rings (SSSR count). The van der Waals surface area contributed by atoms with Crippen molar-refractivity contribution in [1.82, 2.24) is 19.6 Å². The highest BCUT2D eigenvalue weighted by Gasteiger charge is 2.15. The second kappa shape index (κ2) is 4.46. The van der Waals surface area contributed by atoms with Crippen LogP contribution in [0, 0.1) is 0 Å². The van der Waals surface area contributed by atoms with Crippen LogP contribution in [0.4, 0.5) is 5.69 Å². The Balaban J connectivity index is 2.37. The van der Waals surface area contributed by atoms with Crippen LogP contribution in [0.3, 0.4) is 0 Å². The van der Waals surface area contributed by atoms with E-state index in [1.807, 2.05) is 12.1 Å². The van der Waals surface area contributed by atoms with Crippen LogP contribution in [0.1, 0.15) is 0 Å². The molecule has 2 heterocycles. The van der Waals surface area contributed by atoms with Crippen molar-refractivity contribution in [2.45, 2.75) is 0 Å². The minimum Gasteiger partial charge on any atom is -0.399 e. The van der Waals surface area contributed by atoms with Crippen molar-refractivity contribution < 1.29 is 0 Å². The Morgan fingerprint density at radius 2 is 1.89 bits per heavy atom. The number of halogens is 2. The second-order valence-electron chi connectivity index (χ2n) is 3.85. The number of benzene rings is 1. The molecule has 0 radical (unpaired) electrons. The number of imidazole rings is 1. The maximum absolute atomic E-state index is 11.8. The van der Waals surface area contributed by atoms with Crippen LogP contribution in [0.2, 0.25) is 0 Å². The van der Waals surface area contributed by atoms with Gasteiger partial charge in [0.25, 0.3) is 0 Å². The van der Waals surface area contributed by atoms with E-state index in [2.05, 4.69) is 47.0 Å². The van der Waals surface area contributed by atoms with Gasteiger partial charge in [-0.05, 0) is 44.0 Å². The molecule has 0 saturated heterocycles. The van der Waals surface area contributed by atoms with Crippen LogP contribution in [-0.4, -0.2) is 19.6 Å². The molecule has 3 aromatic rings. The lowest BCUT2D eigenvalue weighted by Gasteiger charge is -2.02. The number of rotatable bonds is 1. The lowest BCUT2D eigenvalue weighted by molar-refractivity contribution is 0.881. The fourth-order valence-electron chi connectivity index (χ4n) is 1.76. The Hall–Kier alpha value is -1.67. The molecule has 19 heavy (non-hydrogen) atoms. The zero-order valence-corrected chi connectivity index (χ0v) is 12.6. The van der Waals surface area contributed by atoms with Crippen molar-refractivity contribution in [3.63, 3.8) is 0 Å².